The molecular formula is C25H44N4S. The zero-order valence-electron chi connectivity index (χ0n) is 19.5. The Morgan fingerprint density at radius 1 is 0.633 bits per heavy atom. The second-order valence-electron chi connectivity index (χ2n) is 11.3. The molecule has 2 aliphatic carbocycles. The van der Waals surface area contributed by atoms with Gasteiger partial charge in [-0.3, -0.25) is 9.80 Å². The highest BCUT2D eigenvalue weighted by Gasteiger charge is 2.41. The third kappa shape index (κ3) is 4.15. The van der Waals surface area contributed by atoms with E-state index in [1.165, 1.54) is 77.3 Å². The van der Waals surface area contributed by atoms with Crippen LogP contribution in [-0.2, 0) is 0 Å². The molecule has 3 heterocycles. The van der Waals surface area contributed by atoms with Crippen molar-refractivity contribution in [2.24, 2.45) is 23.7 Å². The SMILES string of the molecule is CC1CCCC2CCCN(CN3CCN(CN4CCCC5CCCC(C)C54)C3=S)C12. The fourth-order valence-corrected chi connectivity index (χ4v) is 8.34. The topological polar surface area (TPSA) is 13.0 Å². The molecule has 0 aromatic carbocycles. The van der Waals surface area contributed by atoms with Crippen molar-refractivity contribution < 1.29 is 0 Å². The van der Waals surface area contributed by atoms with Crippen LogP contribution >= 0.6 is 12.2 Å². The van der Waals surface area contributed by atoms with Crippen molar-refractivity contribution >= 4 is 17.3 Å². The van der Waals surface area contributed by atoms with Gasteiger partial charge in [0, 0.05) is 38.3 Å². The van der Waals surface area contributed by atoms with E-state index in [0.717, 1.165) is 67.3 Å². The first-order chi connectivity index (χ1) is 14.6. The summed E-state index contributed by atoms with van der Waals surface area (Å²) in [6.45, 7) is 11.9. The van der Waals surface area contributed by atoms with Gasteiger partial charge in [-0.25, -0.2) is 0 Å². The van der Waals surface area contributed by atoms with Gasteiger partial charge >= 0.3 is 0 Å². The van der Waals surface area contributed by atoms with Crippen molar-refractivity contribution in [3.8, 4) is 0 Å². The van der Waals surface area contributed by atoms with Crippen molar-refractivity contribution in [3.63, 3.8) is 0 Å². The summed E-state index contributed by atoms with van der Waals surface area (Å²) in [5.41, 5.74) is 0. The summed E-state index contributed by atoms with van der Waals surface area (Å²) >= 11 is 6.05. The Balaban J connectivity index is 1.20. The molecule has 0 spiro atoms. The van der Waals surface area contributed by atoms with Crippen LogP contribution in [0.5, 0.6) is 0 Å². The lowest BCUT2D eigenvalue weighted by Crippen LogP contribution is -2.56. The lowest BCUT2D eigenvalue weighted by Gasteiger charge is -2.49. The third-order valence-electron chi connectivity index (χ3n) is 9.37. The number of nitrogens with zero attached hydrogens (tertiary/aromatic N) is 4. The van der Waals surface area contributed by atoms with Gasteiger partial charge in [0.15, 0.2) is 5.11 Å². The molecular weight excluding hydrogens is 388 g/mol. The number of hydrogen-bond donors (Lipinski definition) is 0. The van der Waals surface area contributed by atoms with Crippen LogP contribution in [0.4, 0.5) is 0 Å². The van der Waals surface area contributed by atoms with Gasteiger partial charge in [0.2, 0.25) is 0 Å². The molecule has 170 valence electrons. The van der Waals surface area contributed by atoms with Gasteiger partial charge in [-0.1, -0.05) is 26.7 Å². The number of likely N-dealkylation sites (tertiary alicyclic amines) is 2. The van der Waals surface area contributed by atoms with Gasteiger partial charge in [0.05, 0.1) is 13.3 Å². The molecule has 2 saturated carbocycles. The summed E-state index contributed by atoms with van der Waals surface area (Å²) in [4.78, 5) is 10.7. The van der Waals surface area contributed by atoms with Crippen LogP contribution in [0.1, 0.15) is 78.1 Å². The second kappa shape index (κ2) is 9.23. The van der Waals surface area contributed by atoms with Crippen molar-refractivity contribution in [3.05, 3.63) is 0 Å². The first-order valence-electron chi connectivity index (χ1n) is 13.1. The molecule has 0 radical (unpaired) electrons. The van der Waals surface area contributed by atoms with Crippen LogP contribution in [0, 0.1) is 23.7 Å². The fourth-order valence-electron chi connectivity index (χ4n) is 8.04. The number of piperidine rings is 2. The van der Waals surface area contributed by atoms with Gasteiger partial charge in [-0.2, -0.15) is 0 Å². The molecule has 0 aromatic rings. The van der Waals surface area contributed by atoms with E-state index in [9.17, 15) is 0 Å². The number of hydrogen-bond acceptors (Lipinski definition) is 3. The van der Waals surface area contributed by atoms with Gasteiger partial charge in [0.25, 0.3) is 0 Å². The summed E-state index contributed by atoms with van der Waals surface area (Å²) in [5.74, 6) is 3.59. The molecule has 4 nitrogen and oxygen atoms in total. The van der Waals surface area contributed by atoms with E-state index in [1.807, 2.05) is 0 Å². The third-order valence-corrected chi connectivity index (χ3v) is 9.89. The van der Waals surface area contributed by atoms with Crippen molar-refractivity contribution in [2.45, 2.75) is 90.1 Å². The van der Waals surface area contributed by atoms with Crippen LogP contribution in [0.15, 0.2) is 0 Å². The maximum atomic E-state index is 6.05. The van der Waals surface area contributed by atoms with Gasteiger partial charge < -0.3 is 9.80 Å². The summed E-state index contributed by atoms with van der Waals surface area (Å²) in [5, 5.41) is 1.13. The van der Waals surface area contributed by atoms with Crippen LogP contribution < -0.4 is 0 Å². The molecule has 3 aliphatic heterocycles. The van der Waals surface area contributed by atoms with Crippen molar-refractivity contribution in [1.82, 2.24) is 19.6 Å². The lowest BCUT2D eigenvalue weighted by molar-refractivity contribution is 0.00206. The highest BCUT2D eigenvalue weighted by molar-refractivity contribution is 7.80. The van der Waals surface area contributed by atoms with E-state index >= 15 is 0 Å². The zero-order valence-corrected chi connectivity index (χ0v) is 20.3. The largest absolute Gasteiger partial charge is 0.334 e. The van der Waals surface area contributed by atoms with Gasteiger partial charge in [-0.15, -0.1) is 0 Å². The highest BCUT2D eigenvalue weighted by atomic mass is 32.1. The molecule has 6 unspecified atom stereocenters. The summed E-state index contributed by atoms with van der Waals surface area (Å²) < 4.78 is 0. The minimum Gasteiger partial charge on any atom is -0.334 e. The predicted molar refractivity (Wildman–Crippen MR) is 128 cm³/mol. The monoisotopic (exact) mass is 432 g/mol. The average Bonchev–Trinajstić information content (AvgIpc) is 3.08. The Kier molecular flexibility index (Phi) is 6.60. The summed E-state index contributed by atoms with van der Waals surface area (Å²) in [7, 11) is 0. The maximum absolute atomic E-state index is 6.05. The summed E-state index contributed by atoms with van der Waals surface area (Å²) in [6.07, 6.45) is 14.3. The molecule has 5 heteroatoms. The molecule has 5 aliphatic rings. The molecule has 30 heavy (non-hydrogen) atoms. The lowest BCUT2D eigenvalue weighted by atomic mass is 9.73. The van der Waals surface area contributed by atoms with Crippen molar-refractivity contribution in [1.29, 1.82) is 0 Å². The Morgan fingerprint density at radius 3 is 1.53 bits per heavy atom. The number of thiocarbonyl (C=S) groups is 1. The number of fused-ring (bicyclic) bond motifs is 2. The molecule has 0 N–H and O–H groups in total. The summed E-state index contributed by atoms with van der Waals surface area (Å²) in [6, 6.07) is 1.60. The highest BCUT2D eigenvalue weighted by Crippen LogP contribution is 2.40. The van der Waals surface area contributed by atoms with Crippen LogP contribution in [0.25, 0.3) is 0 Å². The average molecular weight is 433 g/mol. The van der Waals surface area contributed by atoms with E-state index in [-0.39, 0.29) is 0 Å². The quantitative estimate of drug-likeness (QED) is 0.600. The number of rotatable bonds is 4. The normalized spacial score (nSPS) is 41.1. The Hall–Kier alpha value is -0.390. The van der Waals surface area contributed by atoms with Crippen molar-refractivity contribution in [2.75, 3.05) is 39.5 Å². The molecule has 0 amide bonds. The minimum absolute atomic E-state index is 0.801. The first kappa shape index (κ1) is 21.5. The van der Waals surface area contributed by atoms with Crippen LogP contribution in [-0.4, -0.2) is 76.3 Å². The van der Waals surface area contributed by atoms with Gasteiger partial charge in [0.1, 0.15) is 0 Å². The molecule has 6 atom stereocenters. The van der Waals surface area contributed by atoms with Crippen LogP contribution in [0.2, 0.25) is 0 Å². The molecule has 3 saturated heterocycles. The second-order valence-corrected chi connectivity index (χ2v) is 11.7. The van der Waals surface area contributed by atoms with E-state index in [2.05, 4.69) is 33.4 Å². The van der Waals surface area contributed by atoms with E-state index in [4.69, 9.17) is 12.2 Å². The Labute approximate surface area is 190 Å². The smallest absolute Gasteiger partial charge is 0.173 e. The Bertz CT molecular complexity index is 558. The Morgan fingerprint density at radius 2 is 1.07 bits per heavy atom. The van der Waals surface area contributed by atoms with E-state index in [1.54, 1.807) is 0 Å². The zero-order chi connectivity index (χ0) is 20.7. The maximum Gasteiger partial charge on any atom is 0.173 e. The van der Waals surface area contributed by atoms with Crippen LogP contribution in [0.3, 0.4) is 0 Å². The van der Waals surface area contributed by atoms with E-state index < -0.39 is 0 Å². The first-order valence-corrected chi connectivity index (χ1v) is 13.5. The molecule has 0 aromatic heterocycles. The fraction of sp³-hybridized carbons (Fsp3) is 0.960. The van der Waals surface area contributed by atoms with E-state index in [0.29, 0.717) is 0 Å². The molecule has 0 bridgehead atoms. The standard InChI is InChI=1S/C25H44N4S/c1-19-7-3-9-21-11-5-13-26(23(19)21)17-28-15-16-29(25(28)30)18-27-14-6-12-22-10-4-8-20(2)24(22)27/h19-24H,3-18H2,1-2H3. The minimum atomic E-state index is 0.801. The predicted octanol–water partition coefficient (Wildman–Crippen LogP) is 4.61. The van der Waals surface area contributed by atoms with Gasteiger partial charge in [-0.05, 0) is 87.3 Å². The molecule has 5 rings (SSSR count). The molecule has 5 fully saturated rings.